The maximum absolute atomic E-state index is 11.6. The summed E-state index contributed by atoms with van der Waals surface area (Å²) in [4.78, 5) is 26.9. The Morgan fingerprint density at radius 2 is 2.11 bits per heavy atom. The minimum atomic E-state index is -1.00. The van der Waals surface area contributed by atoms with E-state index in [-0.39, 0.29) is 6.61 Å². The molecule has 1 heterocycles. The van der Waals surface area contributed by atoms with E-state index in [2.05, 4.69) is 4.98 Å². The lowest BCUT2D eigenvalue weighted by atomic mass is 10.2. The predicted molar refractivity (Wildman–Crippen MR) is 68.3 cm³/mol. The second kappa shape index (κ2) is 6.29. The zero-order valence-corrected chi connectivity index (χ0v) is 11.3. The van der Waals surface area contributed by atoms with Crippen LogP contribution in [0.5, 0.6) is 0 Å². The Labute approximate surface area is 111 Å². The number of ether oxygens (including phenoxy) is 2. The molecule has 0 radical (unpaired) electrons. The van der Waals surface area contributed by atoms with Gasteiger partial charge in [-0.05, 0) is 32.9 Å². The van der Waals surface area contributed by atoms with Crippen LogP contribution in [0.3, 0.4) is 0 Å². The van der Waals surface area contributed by atoms with Crippen LogP contribution in [-0.2, 0) is 14.3 Å². The zero-order chi connectivity index (χ0) is 14.5. The number of aromatic nitrogens is 1. The van der Waals surface area contributed by atoms with Gasteiger partial charge in [-0.25, -0.2) is 4.79 Å². The summed E-state index contributed by atoms with van der Waals surface area (Å²) in [7, 11) is 0. The van der Waals surface area contributed by atoms with Crippen molar-refractivity contribution in [2.45, 2.75) is 32.4 Å². The topological polar surface area (TPSA) is 91.5 Å². The van der Waals surface area contributed by atoms with Crippen LogP contribution in [0.2, 0.25) is 0 Å². The van der Waals surface area contributed by atoms with E-state index in [9.17, 15) is 9.59 Å². The molecule has 0 saturated carbocycles. The van der Waals surface area contributed by atoms with E-state index in [0.717, 1.165) is 0 Å². The first-order valence-electron chi connectivity index (χ1n) is 5.85. The molecule has 0 saturated heterocycles. The van der Waals surface area contributed by atoms with E-state index < -0.39 is 23.6 Å². The van der Waals surface area contributed by atoms with E-state index in [0.29, 0.717) is 5.56 Å². The van der Waals surface area contributed by atoms with Crippen LogP contribution in [0.4, 0.5) is 0 Å². The number of rotatable bonds is 4. The maximum Gasteiger partial charge on any atom is 0.339 e. The summed E-state index contributed by atoms with van der Waals surface area (Å²) in [5.74, 6) is -1.18. The monoisotopic (exact) mass is 266 g/mol. The Kier molecular flexibility index (Phi) is 5.00. The van der Waals surface area contributed by atoms with E-state index in [1.807, 2.05) is 0 Å². The van der Waals surface area contributed by atoms with E-state index in [1.165, 1.54) is 6.20 Å². The number of pyridine rings is 1. The minimum Gasteiger partial charge on any atom is -0.460 e. The smallest absolute Gasteiger partial charge is 0.339 e. The fourth-order valence-electron chi connectivity index (χ4n) is 1.18. The van der Waals surface area contributed by atoms with Gasteiger partial charge in [0.25, 0.3) is 0 Å². The third-order valence-corrected chi connectivity index (χ3v) is 2.00. The van der Waals surface area contributed by atoms with Gasteiger partial charge >= 0.3 is 11.9 Å². The van der Waals surface area contributed by atoms with Gasteiger partial charge in [-0.15, -0.1) is 0 Å². The summed E-state index contributed by atoms with van der Waals surface area (Å²) in [6, 6.07) is 2.18. The molecule has 6 heteroatoms. The van der Waals surface area contributed by atoms with Crippen molar-refractivity contribution < 1.29 is 19.1 Å². The highest BCUT2D eigenvalue weighted by Gasteiger charge is 2.23. The number of hydrogen-bond donors (Lipinski definition) is 1. The highest BCUT2D eigenvalue weighted by molar-refractivity contribution is 5.89. The van der Waals surface area contributed by atoms with Crippen LogP contribution >= 0.6 is 0 Å². The fourth-order valence-corrected chi connectivity index (χ4v) is 1.18. The number of nitrogens with two attached hydrogens (primary N) is 1. The largest absolute Gasteiger partial charge is 0.460 e. The molecule has 0 aliphatic heterocycles. The first kappa shape index (κ1) is 15.1. The lowest BCUT2D eigenvalue weighted by Crippen LogP contribution is -2.41. The minimum absolute atomic E-state index is 0.233. The Hall–Kier alpha value is -1.95. The van der Waals surface area contributed by atoms with Gasteiger partial charge < -0.3 is 15.2 Å². The van der Waals surface area contributed by atoms with Crippen LogP contribution in [0.1, 0.15) is 31.1 Å². The van der Waals surface area contributed by atoms with Gasteiger partial charge in [0.2, 0.25) is 0 Å². The molecule has 1 aromatic heterocycles. The summed E-state index contributed by atoms with van der Waals surface area (Å²) in [5, 5.41) is 0. The third kappa shape index (κ3) is 5.48. The Morgan fingerprint density at radius 1 is 1.42 bits per heavy atom. The van der Waals surface area contributed by atoms with E-state index >= 15 is 0 Å². The van der Waals surface area contributed by atoms with Crippen LogP contribution in [0, 0.1) is 0 Å². The summed E-state index contributed by atoms with van der Waals surface area (Å²) < 4.78 is 9.99. The number of hydrogen-bond acceptors (Lipinski definition) is 6. The molecule has 0 amide bonds. The van der Waals surface area contributed by atoms with Crippen molar-refractivity contribution in [2.24, 2.45) is 5.73 Å². The second-order valence-electron chi connectivity index (χ2n) is 4.98. The van der Waals surface area contributed by atoms with Gasteiger partial charge in [-0.1, -0.05) is 0 Å². The molecule has 1 unspecified atom stereocenters. The highest BCUT2D eigenvalue weighted by atomic mass is 16.6. The van der Waals surface area contributed by atoms with E-state index in [1.54, 1.807) is 39.1 Å². The van der Waals surface area contributed by atoms with E-state index in [4.69, 9.17) is 15.2 Å². The van der Waals surface area contributed by atoms with Gasteiger partial charge in [0, 0.05) is 12.4 Å². The molecular weight excluding hydrogens is 248 g/mol. The summed E-state index contributed by atoms with van der Waals surface area (Å²) in [6.45, 7) is 4.97. The van der Waals surface area contributed by atoms with Crippen LogP contribution in [0.25, 0.3) is 0 Å². The molecule has 0 aliphatic rings. The lowest BCUT2D eigenvalue weighted by Gasteiger charge is -2.21. The fraction of sp³-hybridized carbons (Fsp3) is 0.462. The highest BCUT2D eigenvalue weighted by Crippen LogP contribution is 2.08. The average molecular weight is 266 g/mol. The normalized spacial score (nSPS) is 12.6. The molecule has 1 rings (SSSR count). The Bertz CT molecular complexity index is 440. The van der Waals surface area contributed by atoms with Gasteiger partial charge in [0.1, 0.15) is 18.2 Å². The first-order chi connectivity index (χ1) is 8.79. The molecule has 0 aliphatic carbocycles. The number of esters is 2. The van der Waals surface area contributed by atoms with Crippen molar-refractivity contribution in [1.82, 2.24) is 4.98 Å². The number of nitrogens with zero attached hydrogens (tertiary/aromatic N) is 1. The van der Waals surface area contributed by atoms with Crippen molar-refractivity contribution in [3.05, 3.63) is 30.1 Å². The standard InChI is InChI=1S/C13H18N2O4/c1-13(2,3)19-12(17)10(14)8-18-11(16)9-5-4-6-15-7-9/h4-7,10H,8,14H2,1-3H3. The van der Waals surface area contributed by atoms with Gasteiger partial charge in [0.05, 0.1) is 5.56 Å². The third-order valence-electron chi connectivity index (χ3n) is 2.00. The van der Waals surface area contributed by atoms with Crippen molar-refractivity contribution in [3.63, 3.8) is 0 Å². The maximum atomic E-state index is 11.6. The predicted octanol–water partition coefficient (Wildman–Crippen LogP) is 0.907. The lowest BCUT2D eigenvalue weighted by molar-refractivity contribution is -0.157. The van der Waals surface area contributed by atoms with Gasteiger partial charge in [0.15, 0.2) is 0 Å². The molecule has 19 heavy (non-hydrogen) atoms. The first-order valence-corrected chi connectivity index (χ1v) is 5.85. The Morgan fingerprint density at radius 3 is 2.63 bits per heavy atom. The molecule has 0 aromatic carbocycles. The summed E-state index contributed by atoms with van der Waals surface area (Å²) >= 11 is 0. The Balaban J connectivity index is 2.44. The number of carbonyl (C=O) groups is 2. The average Bonchev–Trinajstić information content (AvgIpc) is 2.34. The molecule has 0 spiro atoms. The number of carbonyl (C=O) groups excluding carboxylic acids is 2. The van der Waals surface area contributed by atoms with Gasteiger partial charge in [-0.3, -0.25) is 9.78 Å². The molecule has 1 atom stereocenters. The van der Waals surface area contributed by atoms with Crippen LogP contribution < -0.4 is 5.73 Å². The molecule has 1 aromatic rings. The molecule has 2 N–H and O–H groups in total. The molecule has 0 fully saturated rings. The summed E-state index contributed by atoms with van der Waals surface area (Å²) in [6.07, 6.45) is 2.92. The van der Waals surface area contributed by atoms with Crippen molar-refractivity contribution in [2.75, 3.05) is 6.61 Å². The van der Waals surface area contributed by atoms with Gasteiger partial charge in [-0.2, -0.15) is 0 Å². The molecular formula is C13H18N2O4. The van der Waals surface area contributed by atoms with Crippen LogP contribution in [-0.4, -0.2) is 35.2 Å². The SMILES string of the molecule is CC(C)(C)OC(=O)C(N)COC(=O)c1cccnc1. The molecule has 0 bridgehead atoms. The quantitative estimate of drug-likeness (QED) is 0.814. The zero-order valence-electron chi connectivity index (χ0n) is 11.3. The van der Waals surface area contributed by atoms with Crippen LogP contribution in [0.15, 0.2) is 24.5 Å². The molecule has 6 nitrogen and oxygen atoms in total. The molecule has 104 valence electrons. The van der Waals surface area contributed by atoms with Crippen molar-refractivity contribution >= 4 is 11.9 Å². The van der Waals surface area contributed by atoms with Crippen molar-refractivity contribution in [3.8, 4) is 0 Å². The second-order valence-corrected chi connectivity index (χ2v) is 4.98. The summed E-state index contributed by atoms with van der Waals surface area (Å²) in [5.41, 5.74) is 5.26. The van der Waals surface area contributed by atoms with Crippen molar-refractivity contribution in [1.29, 1.82) is 0 Å².